The molecule has 0 saturated carbocycles. The van der Waals surface area contributed by atoms with Crippen LogP contribution in [0.15, 0.2) is 36.4 Å². The molecule has 0 radical (unpaired) electrons. The van der Waals surface area contributed by atoms with E-state index in [4.69, 9.17) is 4.74 Å². The van der Waals surface area contributed by atoms with E-state index in [1.165, 1.54) is 16.3 Å². The molecule has 1 aliphatic heterocycles. The fourth-order valence-electron chi connectivity index (χ4n) is 2.71. The third kappa shape index (κ3) is 1.88. The second-order valence-electron chi connectivity index (χ2n) is 6.34. The van der Waals surface area contributed by atoms with Gasteiger partial charge in [0.15, 0.2) is 0 Å². The van der Waals surface area contributed by atoms with E-state index in [0.717, 1.165) is 18.8 Å². The smallest absolute Gasteiger partial charge is 0.123 e. The van der Waals surface area contributed by atoms with Gasteiger partial charge in [-0.2, -0.15) is 0 Å². The molecular formula is C17H20O. The van der Waals surface area contributed by atoms with Crippen molar-refractivity contribution in [1.82, 2.24) is 0 Å². The van der Waals surface area contributed by atoms with Crippen molar-refractivity contribution in [2.24, 2.45) is 11.3 Å². The van der Waals surface area contributed by atoms with Crippen LogP contribution in [0, 0.1) is 11.3 Å². The lowest BCUT2D eigenvalue weighted by Crippen LogP contribution is -2.31. The summed E-state index contributed by atoms with van der Waals surface area (Å²) >= 11 is 0. The Labute approximate surface area is 109 Å². The minimum atomic E-state index is 0.300. The van der Waals surface area contributed by atoms with Crippen LogP contribution in [-0.2, 0) is 6.42 Å². The molecule has 94 valence electrons. The predicted molar refractivity (Wildman–Crippen MR) is 76.1 cm³/mol. The van der Waals surface area contributed by atoms with E-state index in [1.54, 1.807) is 0 Å². The zero-order valence-electron chi connectivity index (χ0n) is 11.4. The monoisotopic (exact) mass is 240 g/mol. The topological polar surface area (TPSA) is 9.23 Å². The van der Waals surface area contributed by atoms with Gasteiger partial charge in [0.1, 0.15) is 5.75 Å². The van der Waals surface area contributed by atoms with Crippen LogP contribution in [0.25, 0.3) is 10.8 Å². The maximum atomic E-state index is 5.97. The number of fused-ring (bicyclic) bond motifs is 3. The molecule has 2 aromatic rings. The Hall–Kier alpha value is -1.50. The Kier molecular flexibility index (Phi) is 2.58. The molecule has 1 aliphatic rings. The van der Waals surface area contributed by atoms with Gasteiger partial charge in [0.25, 0.3) is 0 Å². The van der Waals surface area contributed by atoms with Crippen molar-refractivity contribution >= 4 is 10.8 Å². The first-order valence-electron chi connectivity index (χ1n) is 6.69. The molecule has 0 fully saturated rings. The van der Waals surface area contributed by atoms with E-state index >= 15 is 0 Å². The number of hydrogen-bond donors (Lipinski definition) is 0. The van der Waals surface area contributed by atoms with Crippen LogP contribution in [-0.4, -0.2) is 6.61 Å². The number of benzene rings is 2. The maximum absolute atomic E-state index is 5.97. The van der Waals surface area contributed by atoms with Crippen LogP contribution in [0.4, 0.5) is 0 Å². The fourth-order valence-corrected chi connectivity index (χ4v) is 2.71. The molecule has 18 heavy (non-hydrogen) atoms. The molecule has 2 aromatic carbocycles. The quantitative estimate of drug-likeness (QED) is 0.661. The van der Waals surface area contributed by atoms with Crippen LogP contribution >= 0.6 is 0 Å². The number of rotatable bonds is 0. The molecule has 0 aliphatic carbocycles. The third-order valence-corrected chi connectivity index (χ3v) is 4.11. The van der Waals surface area contributed by atoms with Gasteiger partial charge in [0.05, 0.1) is 6.61 Å². The molecule has 0 aromatic heterocycles. The summed E-state index contributed by atoms with van der Waals surface area (Å²) in [7, 11) is 0. The van der Waals surface area contributed by atoms with Gasteiger partial charge in [-0.3, -0.25) is 0 Å². The van der Waals surface area contributed by atoms with Gasteiger partial charge < -0.3 is 4.74 Å². The lowest BCUT2D eigenvalue weighted by molar-refractivity contribution is 0.128. The average Bonchev–Trinajstić information content (AvgIpc) is 2.37. The summed E-state index contributed by atoms with van der Waals surface area (Å²) in [4.78, 5) is 0. The van der Waals surface area contributed by atoms with Gasteiger partial charge in [0.2, 0.25) is 0 Å². The normalized spacial score (nSPS) is 19.4. The summed E-state index contributed by atoms with van der Waals surface area (Å²) in [6, 6.07) is 12.9. The van der Waals surface area contributed by atoms with Crippen LogP contribution < -0.4 is 4.74 Å². The summed E-state index contributed by atoms with van der Waals surface area (Å²) in [6.07, 6.45) is 1.13. The summed E-state index contributed by atoms with van der Waals surface area (Å²) in [5.74, 6) is 1.67. The summed E-state index contributed by atoms with van der Waals surface area (Å²) in [5, 5.41) is 2.67. The van der Waals surface area contributed by atoms with Crippen molar-refractivity contribution in [2.75, 3.05) is 6.61 Å². The average molecular weight is 240 g/mol. The molecule has 1 unspecified atom stereocenters. The van der Waals surface area contributed by atoms with Crippen molar-refractivity contribution in [1.29, 1.82) is 0 Å². The fraction of sp³-hybridized carbons (Fsp3) is 0.412. The number of ether oxygens (including phenoxy) is 1. The lowest BCUT2D eigenvalue weighted by Gasteiger charge is -2.35. The molecule has 0 saturated heterocycles. The van der Waals surface area contributed by atoms with Crippen molar-refractivity contribution in [3.63, 3.8) is 0 Å². The molecule has 1 heteroatoms. The first-order valence-corrected chi connectivity index (χ1v) is 6.69. The standard InChI is InChI=1S/C17H20O/c1-17(2,3)13-10-15-14-7-5-4-6-12(14)8-9-16(15)18-11-13/h4-9,13H,10-11H2,1-3H3. The molecule has 0 N–H and O–H groups in total. The molecule has 1 heterocycles. The molecule has 1 atom stereocenters. The summed E-state index contributed by atoms with van der Waals surface area (Å²) < 4.78 is 5.97. The Balaban J connectivity index is 2.10. The molecule has 1 nitrogen and oxygen atoms in total. The van der Waals surface area contributed by atoms with Crippen LogP contribution in [0.2, 0.25) is 0 Å². The zero-order valence-corrected chi connectivity index (χ0v) is 11.4. The van der Waals surface area contributed by atoms with Gasteiger partial charge in [-0.15, -0.1) is 0 Å². The lowest BCUT2D eigenvalue weighted by atomic mass is 9.76. The summed E-state index contributed by atoms with van der Waals surface area (Å²) in [6.45, 7) is 7.75. The largest absolute Gasteiger partial charge is 0.493 e. The van der Waals surface area contributed by atoms with Gasteiger partial charge in [-0.1, -0.05) is 51.1 Å². The van der Waals surface area contributed by atoms with Crippen molar-refractivity contribution in [2.45, 2.75) is 27.2 Å². The highest BCUT2D eigenvalue weighted by Gasteiger charge is 2.30. The molecule has 0 spiro atoms. The van der Waals surface area contributed by atoms with Crippen LogP contribution in [0.5, 0.6) is 5.75 Å². The van der Waals surface area contributed by atoms with Crippen molar-refractivity contribution in [3.05, 3.63) is 42.0 Å². The SMILES string of the molecule is CC(C)(C)C1COc2ccc3ccccc3c2C1. The van der Waals surface area contributed by atoms with Crippen molar-refractivity contribution in [3.8, 4) is 5.75 Å². The Bertz CT molecular complexity index is 578. The van der Waals surface area contributed by atoms with Gasteiger partial charge in [-0.25, -0.2) is 0 Å². The Morgan fingerprint density at radius 2 is 1.83 bits per heavy atom. The van der Waals surface area contributed by atoms with Gasteiger partial charge in [0, 0.05) is 11.5 Å². The highest BCUT2D eigenvalue weighted by molar-refractivity contribution is 5.88. The van der Waals surface area contributed by atoms with E-state index in [2.05, 4.69) is 57.2 Å². The van der Waals surface area contributed by atoms with E-state index in [1.807, 2.05) is 0 Å². The Morgan fingerprint density at radius 3 is 2.61 bits per heavy atom. The second kappa shape index (κ2) is 4.01. The molecule has 0 amide bonds. The second-order valence-corrected chi connectivity index (χ2v) is 6.34. The first-order chi connectivity index (χ1) is 8.55. The Morgan fingerprint density at radius 1 is 1.06 bits per heavy atom. The van der Waals surface area contributed by atoms with Crippen LogP contribution in [0.1, 0.15) is 26.3 Å². The van der Waals surface area contributed by atoms with Crippen LogP contribution in [0.3, 0.4) is 0 Å². The highest BCUT2D eigenvalue weighted by Crippen LogP contribution is 2.39. The van der Waals surface area contributed by atoms with E-state index in [0.29, 0.717) is 11.3 Å². The van der Waals surface area contributed by atoms with E-state index in [9.17, 15) is 0 Å². The highest BCUT2D eigenvalue weighted by atomic mass is 16.5. The first kappa shape index (κ1) is 11.6. The van der Waals surface area contributed by atoms with Gasteiger partial charge >= 0.3 is 0 Å². The van der Waals surface area contributed by atoms with Gasteiger partial charge in [-0.05, 0) is 28.7 Å². The van der Waals surface area contributed by atoms with Crippen molar-refractivity contribution < 1.29 is 4.74 Å². The summed E-state index contributed by atoms with van der Waals surface area (Å²) in [5.41, 5.74) is 1.69. The third-order valence-electron chi connectivity index (χ3n) is 4.11. The molecule has 3 rings (SSSR count). The maximum Gasteiger partial charge on any atom is 0.123 e. The number of hydrogen-bond acceptors (Lipinski definition) is 1. The molecule has 0 bridgehead atoms. The predicted octanol–water partition coefficient (Wildman–Crippen LogP) is 4.44. The zero-order chi connectivity index (χ0) is 12.8. The van der Waals surface area contributed by atoms with E-state index in [-0.39, 0.29) is 0 Å². The molecular weight excluding hydrogens is 220 g/mol. The minimum absolute atomic E-state index is 0.300. The minimum Gasteiger partial charge on any atom is -0.493 e. The van der Waals surface area contributed by atoms with E-state index < -0.39 is 0 Å².